The summed E-state index contributed by atoms with van der Waals surface area (Å²) >= 11 is 5.89. The van der Waals surface area contributed by atoms with E-state index in [4.69, 9.17) is 11.6 Å². The first-order valence-corrected chi connectivity index (χ1v) is 11.1. The van der Waals surface area contributed by atoms with Crippen LogP contribution in [0.1, 0.15) is 23.2 Å². The van der Waals surface area contributed by atoms with Gasteiger partial charge in [-0.1, -0.05) is 48.0 Å². The van der Waals surface area contributed by atoms with Gasteiger partial charge in [-0.2, -0.15) is 40.3 Å². The molecule has 33 heavy (non-hydrogen) atoms. The van der Waals surface area contributed by atoms with Gasteiger partial charge in [0.25, 0.3) is 0 Å². The average molecular weight is 499 g/mol. The predicted molar refractivity (Wildman–Crippen MR) is 115 cm³/mol. The highest BCUT2D eigenvalue weighted by atomic mass is 35.5. The van der Waals surface area contributed by atoms with E-state index in [1.165, 1.54) is 38.4 Å². The lowest BCUT2D eigenvalue weighted by Gasteiger charge is -2.27. The summed E-state index contributed by atoms with van der Waals surface area (Å²) in [5, 5.41) is 24.1. The molecule has 0 aliphatic carbocycles. The first kappa shape index (κ1) is 24.7. The van der Waals surface area contributed by atoms with Crippen molar-refractivity contribution in [3.63, 3.8) is 0 Å². The predicted octanol–water partition coefficient (Wildman–Crippen LogP) is 4.03. The molecular weight excluding hydrogens is 481 g/mol. The highest BCUT2D eigenvalue weighted by Gasteiger charge is 2.39. The van der Waals surface area contributed by atoms with E-state index >= 15 is 0 Å². The van der Waals surface area contributed by atoms with Crippen LogP contribution in [0.3, 0.4) is 0 Å². The van der Waals surface area contributed by atoms with E-state index in [2.05, 4.69) is 5.10 Å². The Labute approximate surface area is 193 Å². The SMILES string of the molecule is CN(C)S(=O)(=O)n1cc(-c2ccc(C(O)(CC#N)c3ccc(Cl)cc3)cc2)c(C(F)(F)F)n1. The maximum atomic E-state index is 13.6. The van der Waals surface area contributed by atoms with Crippen LogP contribution < -0.4 is 0 Å². The Morgan fingerprint density at radius 2 is 1.61 bits per heavy atom. The lowest BCUT2D eigenvalue weighted by atomic mass is 9.83. The maximum absolute atomic E-state index is 13.6. The molecule has 0 aliphatic heterocycles. The van der Waals surface area contributed by atoms with Crippen molar-refractivity contribution in [2.75, 3.05) is 14.1 Å². The molecule has 0 saturated carbocycles. The van der Waals surface area contributed by atoms with E-state index in [-0.39, 0.29) is 21.6 Å². The van der Waals surface area contributed by atoms with Crippen molar-refractivity contribution in [2.45, 2.75) is 18.2 Å². The zero-order valence-electron chi connectivity index (χ0n) is 17.4. The van der Waals surface area contributed by atoms with Crippen molar-refractivity contribution < 1.29 is 26.7 Å². The smallest absolute Gasteiger partial charge is 0.379 e. The second-order valence-electron chi connectivity index (χ2n) is 7.33. The zero-order valence-corrected chi connectivity index (χ0v) is 18.9. The van der Waals surface area contributed by atoms with E-state index in [0.717, 1.165) is 10.5 Å². The van der Waals surface area contributed by atoms with Gasteiger partial charge in [0.2, 0.25) is 0 Å². The number of halogens is 4. The fourth-order valence-corrected chi connectivity index (χ4v) is 4.08. The Kier molecular flexibility index (Phi) is 6.59. The van der Waals surface area contributed by atoms with E-state index in [1.807, 2.05) is 6.07 Å². The first-order valence-electron chi connectivity index (χ1n) is 9.37. The average Bonchev–Trinajstić information content (AvgIpc) is 3.21. The molecule has 1 N–H and O–H groups in total. The van der Waals surface area contributed by atoms with Crippen molar-refractivity contribution in [3.8, 4) is 17.2 Å². The number of rotatable bonds is 6. The van der Waals surface area contributed by atoms with Crippen LogP contribution in [-0.4, -0.2) is 41.1 Å². The molecule has 1 unspecified atom stereocenters. The molecule has 0 bridgehead atoms. The third-order valence-electron chi connectivity index (χ3n) is 4.99. The quantitative estimate of drug-likeness (QED) is 0.553. The highest BCUT2D eigenvalue weighted by molar-refractivity contribution is 7.87. The molecule has 3 aromatic rings. The molecule has 174 valence electrons. The number of aromatic nitrogens is 2. The van der Waals surface area contributed by atoms with Crippen LogP contribution in [0.2, 0.25) is 5.02 Å². The normalized spacial score (nSPS) is 14.2. The monoisotopic (exact) mass is 498 g/mol. The first-order chi connectivity index (χ1) is 15.3. The molecule has 1 atom stereocenters. The second-order valence-corrected chi connectivity index (χ2v) is 9.77. The standard InChI is InChI=1S/C21H18ClF3N4O3S/c1-28(2)33(31,32)29-13-18(19(27-29)21(23,24)25)14-3-5-15(6-4-14)20(30,11-12-26)16-7-9-17(22)10-8-16/h3-10,13,30H,11H2,1-2H3. The van der Waals surface area contributed by atoms with Crippen LogP contribution in [0.15, 0.2) is 54.7 Å². The minimum Gasteiger partial charge on any atom is -0.379 e. The lowest BCUT2D eigenvalue weighted by molar-refractivity contribution is -0.140. The number of benzene rings is 2. The fraction of sp³-hybridized carbons (Fsp3) is 0.238. The van der Waals surface area contributed by atoms with Crippen LogP contribution in [0.5, 0.6) is 0 Å². The number of nitrogens with zero attached hydrogens (tertiary/aromatic N) is 4. The maximum Gasteiger partial charge on any atom is 0.435 e. The largest absolute Gasteiger partial charge is 0.435 e. The number of hydrogen-bond donors (Lipinski definition) is 1. The summed E-state index contributed by atoms with van der Waals surface area (Å²) in [7, 11) is -1.93. The van der Waals surface area contributed by atoms with Gasteiger partial charge < -0.3 is 5.11 Å². The lowest BCUT2D eigenvalue weighted by Crippen LogP contribution is -2.29. The topological polar surface area (TPSA) is 99.2 Å². The molecule has 0 saturated heterocycles. The number of alkyl halides is 3. The van der Waals surface area contributed by atoms with Crippen LogP contribution in [0.4, 0.5) is 13.2 Å². The molecular formula is C21H18ClF3N4O3S. The van der Waals surface area contributed by atoms with Crippen LogP contribution in [-0.2, 0) is 22.0 Å². The van der Waals surface area contributed by atoms with Gasteiger partial charge in [0, 0.05) is 24.7 Å². The molecule has 0 amide bonds. The molecule has 1 heterocycles. The van der Waals surface area contributed by atoms with Crippen molar-refractivity contribution in [1.82, 2.24) is 13.5 Å². The fourth-order valence-electron chi connectivity index (χ4n) is 3.20. The summed E-state index contributed by atoms with van der Waals surface area (Å²) in [4.78, 5) is 0. The van der Waals surface area contributed by atoms with Crippen molar-refractivity contribution in [2.24, 2.45) is 0 Å². The second kappa shape index (κ2) is 8.79. The summed E-state index contributed by atoms with van der Waals surface area (Å²) < 4.78 is 66.3. The molecule has 0 spiro atoms. The Morgan fingerprint density at radius 1 is 1.09 bits per heavy atom. The summed E-state index contributed by atoms with van der Waals surface area (Å²) in [6.45, 7) is 0. The van der Waals surface area contributed by atoms with Gasteiger partial charge in [-0.05, 0) is 28.8 Å². The minimum atomic E-state index is -4.91. The van der Waals surface area contributed by atoms with Gasteiger partial charge in [0.15, 0.2) is 5.69 Å². The van der Waals surface area contributed by atoms with Crippen LogP contribution in [0.25, 0.3) is 11.1 Å². The molecule has 0 radical (unpaired) electrons. The number of nitriles is 1. The Balaban J connectivity index is 2.11. The van der Waals surface area contributed by atoms with Gasteiger partial charge in [-0.15, -0.1) is 0 Å². The molecule has 0 aliphatic rings. The van der Waals surface area contributed by atoms with E-state index in [9.17, 15) is 32.0 Å². The number of hydrogen-bond acceptors (Lipinski definition) is 5. The van der Waals surface area contributed by atoms with Crippen molar-refractivity contribution in [1.29, 1.82) is 5.26 Å². The summed E-state index contributed by atoms with van der Waals surface area (Å²) in [6.07, 6.45) is -4.44. The third kappa shape index (κ3) is 4.74. The summed E-state index contributed by atoms with van der Waals surface area (Å²) in [6, 6.07) is 13.4. The molecule has 3 rings (SSSR count). The van der Waals surface area contributed by atoms with Gasteiger partial charge >= 0.3 is 16.4 Å². The third-order valence-corrected chi connectivity index (χ3v) is 6.82. The van der Waals surface area contributed by atoms with E-state index < -0.39 is 33.2 Å². The van der Waals surface area contributed by atoms with Gasteiger partial charge in [-0.3, -0.25) is 0 Å². The minimum absolute atomic E-state index is 0.0293. The van der Waals surface area contributed by atoms with Gasteiger partial charge in [-0.25, -0.2) is 0 Å². The van der Waals surface area contributed by atoms with E-state index in [0.29, 0.717) is 10.6 Å². The zero-order chi connectivity index (χ0) is 24.6. The Morgan fingerprint density at radius 3 is 2.06 bits per heavy atom. The molecule has 12 heteroatoms. The highest BCUT2D eigenvalue weighted by Crippen LogP contribution is 2.38. The molecule has 1 aromatic heterocycles. The van der Waals surface area contributed by atoms with Gasteiger partial charge in [0.05, 0.1) is 18.7 Å². The number of aliphatic hydroxyl groups is 1. The van der Waals surface area contributed by atoms with Crippen molar-refractivity contribution >= 4 is 21.8 Å². The summed E-state index contributed by atoms with van der Waals surface area (Å²) in [5.41, 5.74) is -2.88. The van der Waals surface area contributed by atoms with Crippen LogP contribution >= 0.6 is 11.6 Å². The molecule has 7 nitrogen and oxygen atoms in total. The van der Waals surface area contributed by atoms with Crippen molar-refractivity contribution in [3.05, 3.63) is 76.6 Å². The molecule has 2 aromatic carbocycles. The van der Waals surface area contributed by atoms with E-state index in [1.54, 1.807) is 24.3 Å². The Bertz CT molecular complexity index is 1300. The summed E-state index contributed by atoms with van der Waals surface area (Å²) in [5.74, 6) is 0. The van der Waals surface area contributed by atoms with Gasteiger partial charge in [0.1, 0.15) is 5.60 Å². The Hall–Kier alpha value is -2.91. The molecule has 0 fully saturated rings. The van der Waals surface area contributed by atoms with Crippen LogP contribution in [0, 0.1) is 11.3 Å².